The summed E-state index contributed by atoms with van der Waals surface area (Å²) in [6.45, 7) is 5.47. The van der Waals surface area contributed by atoms with E-state index in [2.05, 4.69) is 10.5 Å². The smallest absolute Gasteiger partial charge is 0.276 e. The predicted molar refractivity (Wildman–Crippen MR) is 105 cm³/mol. The highest BCUT2D eigenvalue weighted by Crippen LogP contribution is 2.25. The van der Waals surface area contributed by atoms with Crippen LogP contribution in [-0.4, -0.2) is 54.7 Å². The summed E-state index contributed by atoms with van der Waals surface area (Å²) in [5, 5.41) is 6.80. The summed E-state index contributed by atoms with van der Waals surface area (Å²) < 4.78 is 10.4. The van der Waals surface area contributed by atoms with E-state index in [4.69, 9.17) is 9.26 Å². The Bertz CT molecular complexity index is 846. The van der Waals surface area contributed by atoms with Crippen LogP contribution in [0.5, 0.6) is 0 Å². The van der Waals surface area contributed by atoms with Gasteiger partial charge in [-0.05, 0) is 50.3 Å². The van der Waals surface area contributed by atoms with Crippen molar-refractivity contribution in [3.8, 4) is 11.3 Å². The van der Waals surface area contributed by atoms with Gasteiger partial charge in [-0.1, -0.05) is 17.3 Å². The Hall–Kier alpha value is -2.67. The number of rotatable bonds is 6. The summed E-state index contributed by atoms with van der Waals surface area (Å²) in [5.74, 6) is 0.123. The molecule has 1 saturated heterocycles. The van der Waals surface area contributed by atoms with Gasteiger partial charge in [0.05, 0.1) is 6.61 Å². The largest absolute Gasteiger partial charge is 0.383 e. The number of nitrogens with one attached hydrogen (secondary N) is 1. The molecule has 1 fully saturated rings. The van der Waals surface area contributed by atoms with Crippen molar-refractivity contribution in [3.05, 3.63) is 41.1 Å². The topological polar surface area (TPSA) is 84.7 Å². The van der Waals surface area contributed by atoms with Crippen LogP contribution < -0.4 is 5.32 Å². The number of benzene rings is 1. The average molecular weight is 385 g/mol. The lowest BCUT2D eigenvalue weighted by Crippen LogP contribution is -2.52. The van der Waals surface area contributed by atoms with Gasteiger partial charge in [0.1, 0.15) is 6.04 Å². The highest BCUT2D eigenvalue weighted by molar-refractivity contribution is 5.96. The Balaban J connectivity index is 1.75. The second-order valence-electron chi connectivity index (χ2n) is 7.17. The first kappa shape index (κ1) is 20.1. The molecule has 2 aromatic rings. The molecule has 1 aromatic carbocycles. The molecule has 7 heteroatoms. The molecule has 0 spiro atoms. The van der Waals surface area contributed by atoms with Crippen molar-refractivity contribution in [1.29, 1.82) is 0 Å². The Morgan fingerprint density at radius 2 is 2.07 bits per heavy atom. The standard InChI is InChI=1S/C21H27N3O4/c1-14-7-8-16(12-15(14)2)19-13-17(23-28-19)21(26)24-10-5-4-6-18(24)20(25)22-9-11-27-3/h7-8,12-13,18H,4-6,9-11H2,1-3H3,(H,22,25)/t18-/m1/s1. The molecule has 1 aliphatic heterocycles. The summed E-state index contributed by atoms with van der Waals surface area (Å²) in [7, 11) is 1.58. The minimum atomic E-state index is -0.486. The fraction of sp³-hybridized carbons (Fsp3) is 0.476. The molecule has 150 valence electrons. The monoisotopic (exact) mass is 385 g/mol. The summed E-state index contributed by atoms with van der Waals surface area (Å²) in [6.07, 6.45) is 2.43. The highest BCUT2D eigenvalue weighted by atomic mass is 16.5. The highest BCUT2D eigenvalue weighted by Gasteiger charge is 2.33. The Morgan fingerprint density at radius 3 is 2.82 bits per heavy atom. The van der Waals surface area contributed by atoms with E-state index in [1.807, 2.05) is 32.0 Å². The van der Waals surface area contributed by atoms with Gasteiger partial charge in [0.2, 0.25) is 5.91 Å². The first-order valence-corrected chi connectivity index (χ1v) is 9.63. The Labute approximate surface area is 165 Å². The molecule has 1 aliphatic rings. The number of aryl methyl sites for hydroxylation is 2. The van der Waals surface area contributed by atoms with Crippen LogP contribution >= 0.6 is 0 Å². The fourth-order valence-electron chi connectivity index (χ4n) is 3.40. The second kappa shape index (κ2) is 9.01. The molecule has 2 heterocycles. The summed E-state index contributed by atoms with van der Waals surface area (Å²) in [4.78, 5) is 27.1. The summed E-state index contributed by atoms with van der Waals surface area (Å²) >= 11 is 0. The zero-order valence-corrected chi connectivity index (χ0v) is 16.7. The number of nitrogens with zero attached hydrogens (tertiary/aromatic N) is 2. The Morgan fingerprint density at radius 1 is 1.25 bits per heavy atom. The molecule has 7 nitrogen and oxygen atoms in total. The summed E-state index contributed by atoms with van der Waals surface area (Å²) in [6, 6.07) is 7.14. The minimum absolute atomic E-state index is 0.150. The molecule has 0 bridgehead atoms. The maximum atomic E-state index is 13.0. The Kier molecular flexibility index (Phi) is 6.46. The maximum Gasteiger partial charge on any atom is 0.276 e. The van der Waals surface area contributed by atoms with Crippen molar-refractivity contribution >= 4 is 11.8 Å². The molecule has 1 aromatic heterocycles. The third-order valence-electron chi connectivity index (χ3n) is 5.19. The predicted octanol–water partition coefficient (Wildman–Crippen LogP) is 2.72. The number of hydrogen-bond acceptors (Lipinski definition) is 5. The zero-order valence-electron chi connectivity index (χ0n) is 16.7. The first-order valence-electron chi connectivity index (χ1n) is 9.63. The second-order valence-corrected chi connectivity index (χ2v) is 7.17. The lowest BCUT2D eigenvalue weighted by atomic mass is 10.0. The van der Waals surface area contributed by atoms with Crippen LogP contribution in [0.2, 0.25) is 0 Å². The molecule has 1 N–H and O–H groups in total. The van der Waals surface area contributed by atoms with Crippen molar-refractivity contribution in [2.75, 3.05) is 26.8 Å². The van der Waals surface area contributed by atoms with Gasteiger partial charge < -0.3 is 19.5 Å². The zero-order chi connectivity index (χ0) is 20.1. The molecule has 0 unspecified atom stereocenters. The minimum Gasteiger partial charge on any atom is -0.383 e. The van der Waals surface area contributed by atoms with Crippen molar-refractivity contribution < 1.29 is 18.8 Å². The van der Waals surface area contributed by atoms with Crippen molar-refractivity contribution in [2.45, 2.75) is 39.2 Å². The van der Waals surface area contributed by atoms with Gasteiger partial charge in [0.15, 0.2) is 11.5 Å². The first-order chi connectivity index (χ1) is 13.5. The van der Waals surface area contributed by atoms with E-state index in [-0.39, 0.29) is 17.5 Å². The molecule has 0 aliphatic carbocycles. The van der Waals surface area contributed by atoms with E-state index < -0.39 is 6.04 Å². The molecule has 0 radical (unpaired) electrons. The molecule has 1 atom stereocenters. The van der Waals surface area contributed by atoms with Crippen LogP contribution in [0.4, 0.5) is 0 Å². The van der Waals surface area contributed by atoms with E-state index in [1.165, 1.54) is 5.56 Å². The number of hydrogen-bond donors (Lipinski definition) is 1. The normalized spacial score (nSPS) is 16.8. The van der Waals surface area contributed by atoms with Crippen molar-refractivity contribution in [3.63, 3.8) is 0 Å². The average Bonchev–Trinajstić information content (AvgIpc) is 3.20. The van der Waals surface area contributed by atoms with Crippen LogP contribution in [0.25, 0.3) is 11.3 Å². The summed E-state index contributed by atoms with van der Waals surface area (Å²) in [5.41, 5.74) is 3.44. The van der Waals surface area contributed by atoms with E-state index in [9.17, 15) is 9.59 Å². The van der Waals surface area contributed by atoms with E-state index in [1.54, 1.807) is 18.1 Å². The van der Waals surface area contributed by atoms with Crippen LogP contribution in [0.3, 0.4) is 0 Å². The number of piperidine rings is 1. The quantitative estimate of drug-likeness (QED) is 0.773. The van der Waals surface area contributed by atoms with Crippen molar-refractivity contribution in [2.24, 2.45) is 0 Å². The number of amides is 2. The molecular weight excluding hydrogens is 358 g/mol. The number of likely N-dealkylation sites (tertiary alicyclic amines) is 1. The lowest BCUT2D eigenvalue weighted by Gasteiger charge is -2.34. The van der Waals surface area contributed by atoms with Crippen LogP contribution in [0.15, 0.2) is 28.8 Å². The van der Waals surface area contributed by atoms with E-state index >= 15 is 0 Å². The van der Waals surface area contributed by atoms with Gasteiger partial charge in [-0.15, -0.1) is 0 Å². The van der Waals surface area contributed by atoms with Gasteiger partial charge in [-0.25, -0.2) is 0 Å². The molecule has 2 amide bonds. The molecule has 0 saturated carbocycles. The fourth-order valence-corrected chi connectivity index (χ4v) is 3.40. The molecular formula is C21H27N3O4. The van der Waals surface area contributed by atoms with Crippen LogP contribution in [-0.2, 0) is 9.53 Å². The van der Waals surface area contributed by atoms with Crippen LogP contribution in [0, 0.1) is 13.8 Å². The maximum absolute atomic E-state index is 13.0. The van der Waals surface area contributed by atoms with Crippen molar-refractivity contribution in [1.82, 2.24) is 15.4 Å². The van der Waals surface area contributed by atoms with Gasteiger partial charge in [0.25, 0.3) is 5.91 Å². The third-order valence-corrected chi connectivity index (χ3v) is 5.19. The number of carbonyl (C=O) groups is 2. The van der Waals surface area contributed by atoms with Gasteiger partial charge in [-0.3, -0.25) is 9.59 Å². The molecule has 28 heavy (non-hydrogen) atoms. The molecule has 3 rings (SSSR count). The number of methoxy groups -OCH3 is 1. The SMILES string of the molecule is COCCNC(=O)[C@H]1CCCCN1C(=O)c1cc(-c2ccc(C)c(C)c2)on1. The third kappa shape index (κ3) is 4.42. The number of ether oxygens (including phenoxy) is 1. The number of carbonyl (C=O) groups excluding carboxylic acids is 2. The van der Waals surface area contributed by atoms with Gasteiger partial charge >= 0.3 is 0 Å². The number of aromatic nitrogens is 1. The van der Waals surface area contributed by atoms with E-state index in [0.29, 0.717) is 31.9 Å². The van der Waals surface area contributed by atoms with E-state index in [0.717, 1.165) is 24.0 Å². The van der Waals surface area contributed by atoms with Crippen LogP contribution in [0.1, 0.15) is 40.9 Å². The lowest BCUT2D eigenvalue weighted by molar-refractivity contribution is -0.126. The van der Waals surface area contributed by atoms with Gasteiger partial charge in [0, 0.05) is 31.8 Å². The van der Waals surface area contributed by atoms with Gasteiger partial charge in [-0.2, -0.15) is 0 Å².